The molecule has 17 heavy (non-hydrogen) atoms. The zero-order valence-corrected chi connectivity index (χ0v) is 12.6. The molecule has 1 N–H and O–H groups in total. The third kappa shape index (κ3) is 4.59. The zero-order chi connectivity index (χ0) is 12.9. The molecule has 102 valence electrons. The topological polar surface area (TPSA) is 15.3 Å². The largest absolute Gasteiger partial charge is 0.312 e. The lowest BCUT2D eigenvalue weighted by molar-refractivity contribution is 0.159. The van der Waals surface area contributed by atoms with Crippen molar-refractivity contribution in [3.05, 3.63) is 0 Å². The van der Waals surface area contributed by atoms with Crippen LogP contribution in [-0.2, 0) is 0 Å². The van der Waals surface area contributed by atoms with Gasteiger partial charge in [0, 0.05) is 25.2 Å². The van der Waals surface area contributed by atoms with Crippen LogP contribution in [0.15, 0.2) is 0 Å². The monoisotopic (exact) mass is 240 g/mol. The molecule has 0 radical (unpaired) electrons. The van der Waals surface area contributed by atoms with Gasteiger partial charge in [0.25, 0.3) is 0 Å². The molecule has 1 fully saturated rings. The molecule has 2 nitrogen and oxygen atoms in total. The van der Waals surface area contributed by atoms with Crippen molar-refractivity contribution in [2.75, 3.05) is 20.1 Å². The maximum absolute atomic E-state index is 3.78. The Bertz CT molecular complexity index is 213. The fourth-order valence-corrected chi connectivity index (χ4v) is 2.82. The molecule has 2 unspecified atom stereocenters. The molecule has 0 heterocycles. The van der Waals surface area contributed by atoms with Gasteiger partial charge in [-0.1, -0.05) is 33.6 Å². The Hall–Kier alpha value is -0.0800. The molecule has 0 spiro atoms. The van der Waals surface area contributed by atoms with Crippen LogP contribution in [0.3, 0.4) is 0 Å². The van der Waals surface area contributed by atoms with Crippen molar-refractivity contribution in [3.8, 4) is 0 Å². The maximum Gasteiger partial charge on any atom is 0.0119 e. The first-order chi connectivity index (χ1) is 7.97. The van der Waals surface area contributed by atoms with E-state index in [9.17, 15) is 0 Å². The van der Waals surface area contributed by atoms with Crippen LogP contribution in [0, 0.1) is 5.41 Å². The first-order valence-corrected chi connectivity index (χ1v) is 7.41. The minimum atomic E-state index is 0.493. The summed E-state index contributed by atoms with van der Waals surface area (Å²) in [4.78, 5) is 2.46. The molecule has 2 heteroatoms. The van der Waals surface area contributed by atoms with Gasteiger partial charge in [0.2, 0.25) is 0 Å². The normalized spacial score (nSPS) is 26.1. The van der Waals surface area contributed by atoms with Crippen molar-refractivity contribution in [2.45, 2.75) is 71.9 Å². The smallest absolute Gasteiger partial charge is 0.0119 e. The second-order valence-electron chi connectivity index (χ2n) is 6.48. The van der Waals surface area contributed by atoms with E-state index in [0.29, 0.717) is 11.5 Å². The van der Waals surface area contributed by atoms with Gasteiger partial charge < -0.3 is 10.2 Å². The summed E-state index contributed by atoms with van der Waals surface area (Å²) in [6.45, 7) is 11.7. The molecule has 0 saturated heterocycles. The van der Waals surface area contributed by atoms with E-state index in [2.05, 4.69) is 45.0 Å². The van der Waals surface area contributed by atoms with E-state index in [0.717, 1.165) is 12.6 Å². The number of hydrogen-bond donors (Lipinski definition) is 1. The first-order valence-electron chi connectivity index (χ1n) is 7.41. The summed E-state index contributed by atoms with van der Waals surface area (Å²) in [5.41, 5.74) is 0.493. The Labute approximate surface area is 108 Å². The molecule has 1 saturated carbocycles. The second kappa shape index (κ2) is 6.75. The lowest BCUT2D eigenvalue weighted by Crippen LogP contribution is -2.47. The Morgan fingerprint density at radius 3 is 2.65 bits per heavy atom. The summed E-state index contributed by atoms with van der Waals surface area (Å²) in [5.74, 6) is 0. The standard InChI is InChI=1S/C15H32N2/c1-6-13(2)17(5)12-11-16-14-9-7-8-10-15(14,3)4/h13-14,16H,6-12H2,1-5H3. The molecule has 1 aliphatic carbocycles. The van der Waals surface area contributed by atoms with E-state index in [1.165, 1.54) is 38.6 Å². The minimum absolute atomic E-state index is 0.493. The number of hydrogen-bond acceptors (Lipinski definition) is 2. The van der Waals surface area contributed by atoms with Gasteiger partial charge in [-0.15, -0.1) is 0 Å². The maximum atomic E-state index is 3.78. The third-order valence-corrected chi connectivity index (χ3v) is 4.71. The van der Waals surface area contributed by atoms with Crippen LogP contribution in [0.1, 0.15) is 59.8 Å². The molecule has 0 amide bonds. The van der Waals surface area contributed by atoms with E-state index in [1.54, 1.807) is 0 Å². The highest BCUT2D eigenvalue weighted by Gasteiger charge is 2.31. The highest BCUT2D eigenvalue weighted by Crippen LogP contribution is 2.35. The predicted octanol–water partition coefficient (Wildman–Crippen LogP) is 3.28. The summed E-state index contributed by atoms with van der Waals surface area (Å²) in [7, 11) is 2.24. The average Bonchev–Trinajstić information content (AvgIpc) is 2.29. The molecule has 0 aromatic heterocycles. The van der Waals surface area contributed by atoms with Gasteiger partial charge in [-0.2, -0.15) is 0 Å². The highest BCUT2D eigenvalue weighted by molar-refractivity contribution is 4.87. The summed E-state index contributed by atoms with van der Waals surface area (Å²) in [6.07, 6.45) is 6.80. The Morgan fingerprint density at radius 1 is 1.35 bits per heavy atom. The number of nitrogens with one attached hydrogen (secondary N) is 1. The van der Waals surface area contributed by atoms with Crippen molar-refractivity contribution in [1.82, 2.24) is 10.2 Å². The Kier molecular flexibility index (Phi) is 5.94. The van der Waals surface area contributed by atoms with Gasteiger partial charge >= 0.3 is 0 Å². The molecule has 2 atom stereocenters. The fraction of sp³-hybridized carbons (Fsp3) is 1.00. The average molecular weight is 240 g/mol. The molecular formula is C15H32N2. The molecule has 0 aromatic carbocycles. The fourth-order valence-electron chi connectivity index (χ4n) is 2.82. The quantitative estimate of drug-likeness (QED) is 0.766. The molecule has 0 bridgehead atoms. The summed E-state index contributed by atoms with van der Waals surface area (Å²) in [5, 5.41) is 3.78. The Balaban J connectivity index is 2.25. The zero-order valence-electron chi connectivity index (χ0n) is 12.6. The van der Waals surface area contributed by atoms with Crippen molar-refractivity contribution in [3.63, 3.8) is 0 Å². The van der Waals surface area contributed by atoms with Crippen molar-refractivity contribution < 1.29 is 0 Å². The summed E-state index contributed by atoms with van der Waals surface area (Å²) in [6, 6.07) is 1.43. The van der Waals surface area contributed by atoms with Crippen LogP contribution in [0.5, 0.6) is 0 Å². The molecule has 1 aliphatic rings. The predicted molar refractivity (Wildman–Crippen MR) is 76.4 cm³/mol. The van der Waals surface area contributed by atoms with Crippen molar-refractivity contribution in [1.29, 1.82) is 0 Å². The van der Waals surface area contributed by atoms with Crippen molar-refractivity contribution in [2.24, 2.45) is 5.41 Å². The van der Waals surface area contributed by atoms with Gasteiger partial charge in [0.1, 0.15) is 0 Å². The van der Waals surface area contributed by atoms with Gasteiger partial charge in [0.15, 0.2) is 0 Å². The summed E-state index contributed by atoms with van der Waals surface area (Å²) >= 11 is 0. The highest BCUT2D eigenvalue weighted by atomic mass is 15.1. The van der Waals surface area contributed by atoms with E-state index in [1.807, 2.05) is 0 Å². The minimum Gasteiger partial charge on any atom is -0.312 e. The van der Waals surface area contributed by atoms with E-state index in [-0.39, 0.29) is 0 Å². The SMILES string of the molecule is CCC(C)N(C)CCNC1CCCCC1(C)C. The lowest BCUT2D eigenvalue weighted by Gasteiger charge is -2.39. The second-order valence-corrected chi connectivity index (χ2v) is 6.48. The molecule has 0 aliphatic heterocycles. The number of likely N-dealkylation sites (N-methyl/N-ethyl adjacent to an activating group) is 1. The van der Waals surface area contributed by atoms with E-state index >= 15 is 0 Å². The van der Waals surface area contributed by atoms with Crippen LogP contribution in [0.4, 0.5) is 0 Å². The van der Waals surface area contributed by atoms with Gasteiger partial charge in [-0.3, -0.25) is 0 Å². The van der Waals surface area contributed by atoms with Crippen LogP contribution in [-0.4, -0.2) is 37.1 Å². The van der Waals surface area contributed by atoms with Crippen LogP contribution in [0.2, 0.25) is 0 Å². The summed E-state index contributed by atoms with van der Waals surface area (Å²) < 4.78 is 0. The van der Waals surface area contributed by atoms with Gasteiger partial charge in [-0.05, 0) is 38.6 Å². The van der Waals surface area contributed by atoms with E-state index in [4.69, 9.17) is 0 Å². The van der Waals surface area contributed by atoms with E-state index < -0.39 is 0 Å². The van der Waals surface area contributed by atoms with Crippen LogP contribution < -0.4 is 5.32 Å². The molecule has 0 aromatic rings. The van der Waals surface area contributed by atoms with Gasteiger partial charge in [-0.25, -0.2) is 0 Å². The Morgan fingerprint density at radius 2 is 2.06 bits per heavy atom. The lowest BCUT2D eigenvalue weighted by atomic mass is 9.73. The molecular weight excluding hydrogens is 208 g/mol. The molecule has 1 rings (SSSR count). The number of rotatable bonds is 6. The van der Waals surface area contributed by atoms with Crippen LogP contribution >= 0.6 is 0 Å². The van der Waals surface area contributed by atoms with Crippen LogP contribution in [0.25, 0.3) is 0 Å². The van der Waals surface area contributed by atoms with Crippen molar-refractivity contribution >= 4 is 0 Å². The third-order valence-electron chi connectivity index (χ3n) is 4.71. The number of nitrogens with zero attached hydrogens (tertiary/aromatic N) is 1. The first kappa shape index (κ1) is 15.0. The van der Waals surface area contributed by atoms with Gasteiger partial charge in [0.05, 0.1) is 0 Å².